The number of hydrogen-bond donors (Lipinski definition) is 2. The fourth-order valence-electron chi connectivity index (χ4n) is 1.88. The fraction of sp³-hybridized carbons (Fsp3) is 0.200. The summed E-state index contributed by atoms with van der Waals surface area (Å²) in [6, 6.07) is 6.81. The van der Waals surface area contributed by atoms with Crippen LogP contribution < -0.4 is 20.5 Å². The lowest BCUT2D eigenvalue weighted by molar-refractivity contribution is 0.102. The molecule has 0 spiro atoms. The van der Waals surface area contributed by atoms with E-state index in [0.29, 0.717) is 28.6 Å². The van der Waals surface area contributed by atoms with Crippen LogP contribution in [-0.2, 0) is 0 Å². The number of nitrogen functional groups attached to an aromatic ring is 1. The van der Waals surface area contributed by atoms with Gasteiger partial charge in [0.1, 0.15) is 5.82 Å². The summed E-state index contributed by atoms with van der Waals surface area (Å²) in [5.41, 5.74) is 7.49. The molecule has 0 unspecified atom stereocenters. The normalized spacial score (nSPS) is 10.0. The van der Waals surface area contributed by atoms with Crippen molar-refractivity contribution < 1.29 is 14.3 Å². The lowest BCUT2D eigenvalue weighted by Crippen LogP contribution is -2.14. The predicted molar refractivity (Wildman–Crippen MR) is 80.9 cm³/mol. The van der Waals surface area contributed by atoms with Crippen LogP contribution in [0.2, 0.25) is 0 Å². The molecular formula is C15H17N3O3. The van der Waals surface area contributed by atoms with Crippen LogP contribution in [-0.4, -0.2) is 25.1 Å². The number of aromatic nitrogens is 1. The molecule has 3 N–H and O–H groups in total. The third-order valence-electron chi connectivity index (χ3n) is 3.04. The second-order valence-corrected chi connectivity index (χ2v) is 4.42. The van der Waals surface area contributed by atoms with Crippen LogP contribution in [0.1, 0.15) is 15.9 Å². The molecule has 110 valence electrons. The molecule has 21 heavy (non-hydrogen) atoms. The van der Waals surface area contributed by atoms with E-state index in [-0.39, 0.29) is 5.91 Å². The Morgan fingerprint density at radius 2 is 2.05 bits per heavy atom. The summed E-state index contributed by atoms with van der Waals surface area (Å²) in [7, 11) is 3.00. The molecule has 2 aromatic rings. The number of aryl methyl sites for hydroxylation is 1. The molecule has 0 saturated heterocycles. The maximum Gasteiger partial charge on any atom is 0.260 e. The Morgan fingerprint density at radius 3 is 2.67 bits per heavy atom. The Kier molecular flexibility index (Phi) is 4.27. The van der Waals surface area contributed by atoms with E-state index in [1.165, 1.54) is 20.4 Å². The average molecular weight is 287 g/mol. The number of pyridine rings is 1. The maximum atomic E-state index is 12.3. The number of anilines is 2. The number of nitrogens with one attached hydrogen (secondary N) is 1. The highest BCUT2D eigenvalue weighted by Gasteiger charge is 2.16. The Morgan fingerprint density at radius 1 is 1.29 bits per heavy atom. The van der Waals surface area contributed by atoms with Crippen molar-refractivity contribution in [2.75, 3.05) is 25.3 Å². The zero-order valence-corrected chi connectivity index (χ0v) is 12.1. The Balaban J connectivity index is 2.30. The van der Waals surface area contributed by atoms with E-state index in [2.05, 4.69) is 10.3 Å². The third kappa shape index (κ3) is 3.05. The standard InChI is InChI=1S/C15H17N3O3/c1-9-7-13(17-8-11(9)16)18-15(19)10-5-4-6-12(20-2)14(10)21-3/h4-8H,16H2,1-3H3,(H,17,18,19). The number of ether oxygens (including phenoxy) is 2. The minimum Gasteiger partial charge on any atom is -0.493 e. The van der Waals surface area contributed by atoms with Crippen LogP contribution in [0.15, 0.2) is 30.5 Å². The molecule has 0 aliphatic heterocycles. The van der Waals surface area contributed by atoms with Gasteiger partial charge in [-0.1, -0.05) is 6.07 Å². The van der Waals surface area contributed by atoms with E-state index >= 15 is 0 Å². The van der Waals surface area contributed by atoms with Gasteiger partial charge in [-0.3, -0.25) is 4.79 Å². The molecule has 0 aliphatic carbocycles. The average Bonchev–Trinajstić information content (AvgIpc) is 2.49. The van der Waals surface area contributed by atoms with E-state index in [1.54, 1.807) is 24.3 Å². The van der Waals surface area contributed by atoms with Crippen molar-refractivity contribution in [3.05, 3.63) is 41.6 Å². The summed E-state index contributed by atoms with van der Waals surface area (Å²) in [6.07, 6.45) is 1.51. The number of para-hydroxylation sites is 1. The number of carbonyl (C=O) groups is 1. The molecule has 0 aliphatic rings. The van der Waals surface area contributed by atoms with E-state index in [4.69, 9.17) is 15.2 Å². The molecule has 0 fully saturated rings. The molecule has 1 aromatic heterocycles. The zero-order valence-electron chi connectivity index (χ0n) is 12.1. The van der Waals surface area contributed by atoms with Gasteiger partial charge in [0.2, 0.25) is 0 Å². The molecule has 0 atom stereocenters. The van der Waals surface area contributed by atoms with Crippen molar-refractivity contribution in [2.45, 2.75) is 6.92 Å². The predicted octanol–water partition coefficient (Wildman–Crippen LogP) is 2.24. The lowest BCUT2D eigenvalue weighted by atomic mass is 10.1. The molecule has 6 nitrogen and oxygen atoms in total. The second-order valence-electron chi connectivity index (χ2n) is 4.42. The summed E-state index contributed by atoms with van der Waals surface area (Å²) in [5, 5.41) is 2.71. The number of nitrogens with zero attached hydrogens (tertiary/aromatic N) is 1. The molecular weight excluding hydrogens is 270 g/mol. The number of nitrogens with two attached hydrogens (primary N) is 1. The molecule has 1 amide bonds. The Bertz CT molecular complexity index is 671. The minimum absolute atomic E-state index is 0.331. The highest BCUT2D eigenvalue weighted by molar-refractivity contribution is 6.06. The Hall–Kier alpha value is -2.76. The number of amides is 1. The van der Waals surface area contributed by atoms with Crippen LogP contribution in [0.4, 0.5) is 11.5 Å². The van der Waals surface area contributed by atoms with Crippen LogP contribution in [0.3, 0.4) is 0 Å². The van der Waals surface area contributed by atoms with Crippen molar-refractivity contribution in [3.63, 3.8) is 0 Å². The molecule has 1 aromatic carbocycles. The van der Waals surface area contributed by atoms with Crippen LogP contribution >= 0.6 is 0 Å². The van der Waals surface area contributed by atoms with Gasteiger partial charge < -0.3 is 20.5 Å². The minimum atomic E-state index is -0.331. The lowest BCUT2D eigenvalue weighted by Gasteiger charge is -2.12. The van der Waals surface area contributed by atoms with Gasteiger partial charge in [0, 0.05) is 0 Å². The van der Waals surface area contributed by atoms with E-state index in [9.17, 15) is 4.79 Å². The largest absolute Gasteiger partial charge is 0.493 e. The number of benzene rings is 1. The molecule has 1 heterocycles. The summed E-state index contributed by atoms with van der Waals surface area (Å²) < 4.78 is 10.4. The first kappa shape index (κ1) is 14.6. The molecule has 0 radical (unpaired) electrons. The first-order valence-electron chi connectivity index (χ1n) is 6.31. The van der Waals surface area contributed by atoms with Gasteiger partial charge in [0.15, 0.2) is 11.5 Å². The van der Waals surface area contributed by atoms with Gasteiger partial charge in [0.05, 0.1) is 31.7 Å². The highest BCUT2D eigenvalue weighted by Crippen LogP contribution is 2.31. The van der Waals surface area contributed by atoms with E-state index in [0.717, 1.165) is 5.56 Å². The van der Waals surface area contributed by atoms with Crippen molar-refractivity contribution in [1.82, 2.24) is 4.98 Å². The summed E-state index contributed by atoms with van der Waals surface area (Å²) in [5.74, 6) is 0.968. The molecule has 0 bridgehead atoms. The highest BCUT2D eigenvalue weighted by atomic mass is 16.5. The summed E-state index contributed by atoms with van der Waals surface area (Å²) >= 11 is 0. The van der Waals surface area contributed by atoms with Gasteiger partial charge in [0.25, 0.3) is 5.91 Å². The quantitative estimate of drug-likeness (QED) is 0.900. The van der Waals surface area contributed by atoms with Crippen LogP contribution in [0.25, 0.3) is 0 Å². The van der Waals surface area contributed by atoms with Gasteiger partial charge in [-0.25, -0.2) is 4.98 Å². The third-order valence-corrected chi connectivity index (χ3v) is 3.04. The smallest absolute Gasteiger partial charge is 0.260 e. The number of rotatable bonds is 4. The number of hydrogen-bond acceptors (Lipinski definition) is 5. The van der Waals surface area contributed by atoms with Crippen molar-refractivity contribution in [1.29, 1.82) is 0 Å². The molecule has 0 saturated carbocycles. The van der Waals surface area contributed by atoms with Gasteiger partial charge in [-0.05, 0) is 30.7 Å². The summed E-state index contributed by atoms with van der Waals surface area (Å²) in [4.78, 5) is 16.4. The molecule has 2 rings (SSSR count). The number of methoxy groups -OCH3 is 2. The Labute approximate surface area is 122 Å². The van der Waals surface area contributed by atoms with Crippen molar-refractivity contribution >= 4 is 17.4 Å². The van der Waals surface area contributed by atoms with Crippen molar-refractivity contribution in [3.8, 4) is 11.5 Å². The van der Waals surface area contributed by atoms with E-state index < -0.39 is 0 Å². The molecule has 6 heteroatoms. The van der Waals surface area contributed by atoms with Gasteiger partial charge in [-0.2, -0.15) is 0 Å². The van der Waals surface area contributed by atoms with E-state index in [1.807, 2.05) is 6.92 Å². The summed E-state index contributed by atoms with van der Waals surface area (Å²) in [6.45, 7) is 1.85. The van der Waals surface area contributed by atoms with Gasteiger partial charge >= 0.3 is 0 Å². The topological polar surface area (TPSA) is 86.5 Å². The monoisotopic (exact) mass is 287 g/mol. The van der Waals surface area contributed by atoms with Crippen LogP contribution in [0, 0.1) is 6.92 Å². The second kappa shape index (κ2) is 6.13. The number of carbonyl (C=O) groups excluding carboxylic acids is 1. The maximum absolute atomic E-state index is 12.3. The van der Waals surface area contributed by atoms with Crippen LogP contribution in [0.5, 0.6) is 11.5 Å². The van der Waals surface area contributed by atoms with Gasteiger partial charge in [-0.15, -0.1) is 0 Å². The first-order valence-corrected chi connectivity index (χ1v) is 6.31. The SMILES string of the molecule is COc1cccc(C(=O)Nc2cc(C)c(N)cn2)c1OC. The van der Waals surface area contributed by atoms with Crippen molar-refractivity contribution in [2.24, 2.45) is 0 Å². The first-order chi connectivity index (χ1) is 10.1. The zero-order chi connectivity index (χ0) is 15.4. The fourth-order valence-corrected chi connectivity index (χ4v) is 1.88.